The number of halogens is 1. The highest BCUT2D eigenvalue weighted by Crippen LogP contribution is 2.24. The van der Waals surface area contributed by atoms with E-state index in [1.807, 2.05) is 0 Å². The Labute approximate surface area is 40.0 Å². The van der Waals surface area contributed by atoms with Crippen molar-refractivity contribution in [3.8, 4) is 0 Å². The molecule has 1 unspecified atom stereocenters. The molecule has 1 amide bonds. The number of hydrogen-bond acceptors (Lipinski definition) is 2. The number of carbonyl (C=O) groups excluding carboxylic acids is 1. The zero-order valence-electron chi connectivity index (χ0n) is 2.72. The first-order valence-corrected chi connectivity index (χ1v) is 3.23. The van der Waals surface area contributed by atoms with Gasteiger partial charge < -0.3 is 5.73 Å². The number of primary amides is 1. The molecule has 0 aromatic heterocycles. The van der Waals surface area contributed by atoms with Gasteiger partial charge in [-0.1, -0.05) is 0 Å². The standard InChI is InChI=1S/CHClNO2P/c2-6(5)1(3)4/h(H-,3,4)/p+1. The summed E-state index contributed by atoms with van der Waals surface area (Å²) >= 11 is 4.65. The Hall–Kier alpha value is -0.140. The predicted octanol–water partition coefficient (Wildman–Crippen LogP) is 1.05. The van der Waals surface area contributed by atoms with Gasteiger partial charge in [0.05, 0.1) is 0 Å². The van der Waals surface area contributed by atoms with Crippen LogP contribution in [0.2, 0.25) is 0 Å². The first-order chi connectivity index (χ1) is 2.64. The van der Waals surface area contributed by atoms with Gasteiger partial charge in [-0.05, 0) is 4.57 Å². The van der Waals surface area contributed by atoms with Crippen LogP contribution in [0.15, 0.2) is 0 Å². The monoisotopic (exact) mass is 126 g/mol. The van der Waals surface area contributed by atoms with Crippen LogP contribution in [-0.2, 0) is 4.57 Å². The Bertz CT molecular complexity index is 79.5. The van der Waals surface area contributed by atoms with Crippen molar-refractivity contribution in [3.63, 3.8) is 0 Å². The van der Waals surface area contributed by atoms with Crippen LogP contribution < -0.4 is 5.73 Å². The second kappa shape index (κ2) is 2.11. The van der Waals surface area contributed by atoms with Crippen molar-refractivity contribution >= 4 is 24.0 Å². The second-order valence-electron chi connectivity index (χ2n) is 0.583. The third kappa shape index (κ3) is 2.12. The van der Waals surface area contributed by atoms with E-state index in [9.17, 15) is 9.36 Å². The van der Waals surface area contributed by atoms with Crippen LogP contribution in [0.3, 0.4) is 0 Å². The largest absolute Gasteiger partial charge is 0.556 e. The zero-order valence-corrected chi connectivity index (χ0v) is 4.37. The molecule has 0 aromatic carbocycles. The third-order valence-corrected chi connectivity index (χ3v) is 1.02. The van der Waals surface area contributed by atoms with E-state index < -0.39 is 12.8 Å². The van der Waals surface area contributed by atoms with Gasteiger partial charge in [0.1, 0.15) is 0 Å². The molecule has 0 saturated carbocycles. The van der Waals surface area contributed by atoms with Crippen LogP contribution in [0, 0.1) is 0 Å². The fourth-order valence-electron chi connectivity index (χ4n) is 0. The van der Waals surface area contributed by atoms with Gasteiger partial charge in [0, 0.05) is 0 Å². The first-order valence-electron chi connectivity index (χ1n) is 1.07. The lowest BCUT2D eigenvalue weighted by Crippen LogP contribution is -1.98. The normalized spacial score (nSPS) is 10.5. The highest BCUT2D eigenvalue weighted by Gasteiger charge is 2.19. The summed E-state index contributed by atoms with van der Waals surface area (Å²) < 4.78 is 9.58. The molecular formula is CH2ClNO2P+. The van der Waals surface area contributed by atoms with Crippen molar-refractivity contribution in [3.05, 3.63) is 0 Å². The Morgan fingerprint density at radius 2 is 2.00 bits per heavy atom. The highest BCUT2D eigenvalue weighted by molar-refractivity contribution is 7.87. The lowest BCUT2D eigenvalue weighted by Gasteiger charge is -1.55. The van der Waals surface area contributed by atoms with E-state index in [1.54, 1.807) is 0 Å². The van der Waals surface area contributed by atoms with E-state index in [1.165, 1.54) is 0 Å². The van der Waals surface area contributed by atoms with Gasteiger partial charge in [0.15, 0.2) is 0 Å². The first kappa shape index (κ1) is 5.86. The molecule has 0 spiro atoms. The van der Waals surface area contributed by atoms with Crippen molar-refractivity contribution in [2.75, 3.05) is 0 Å². The van der Waals surface area contributed by atoms with Crippen molar-refractivity contribution in [1.29, 1.82) is 0 Å². The molecular weight excluding hydrogens is 124 g/mol. The summed E-state index contributed by atoms with van der Waals surface area (Å²) in [6, 6.07) is 0. The van der Waals surface area contributed by atoms with Gasteiger partial charge in [0.25, 0.3) is 0 Å². The van der Waals surface area contributed by atoms with Crippen LogP contribution in [0.25, 0.3) is 0 Å². The molecule has 3 nitrogen and oxygen atoms in total. The zero-order chi connectivity index (χ0) is 5.15. The van der Waals surface area contributed by atoms with E-state index >= 15 is 0 Å². The topological polar surface area (TPSA) is 60.2 Å². The fourth-order valence-corrected chi connectivity index (χ4v) is 0. The van der Waals surface area contributed by atoms with Gasteiger partial charge in [0.2, 0.25) is 11.2 Å². The number of amides is 1. The lowest BCUT2D eigenvalue weighted by atomic mass is 11.5. The van der Waals surface area contributed by atoms with E-state index in [4.69, 9.17) is 0 Å². The molecule has 0 aliphatic heterocycles. The molecule has 0 radical (unpaired) electrons. The summed E-state index contributed by atoms with van der Waals surface area (Å²) in [4.78, 5) is 9.51. The van der Waals surface area contributed by atoms with Crippen molar-refractivity contribution in [2.24, 2.45) is 5.73 Å². The van der Waals surface area contributed by atoms with E-state index in [0.717, 1.165) is 0 Å². The molecule has 0 aromatic rings. The van der Waals surface area contributed by atoms with Crippen LogP contribution >= 0.6 is 18.4 Å². The predicted molar refractivity (Wildman–Crippen MR) is 23.0 cm³/mol. The average Bonchev–Trinajstić information content (AvgIpc) is 1.36. The Morgan fingerprint density at radius 3 is 2.00 bits per heavy atom. The maximum atomic E-state index is 9.58. The third-order valence-electron chi connectivity index (χ3n) is 0.173. The SMILES string of the molecule is NC(=O)[P+](=O)Cl. The van der Waals surface area contributed by atoms with Crippen LogP contribution in [0.4, 0.5) is 4.79 Å². The quantitative estimate of drug-likeness (QED) is 0.534. The minimum absolute atomic E-state index is 0.966. The van der Waals surface area contributed by atoms with E-state index in [2.05, 4.69) is 17.0 Å². The highest BCUT2D eigenvalue weighted by atomic mass is 35.7. The van der Waals surface area contributed by atoms with Gasteiger partial charge in [-0.15, -0.1) is 0 Å². The van der Waals surface area contributed by atoms with Gasteiger partial charge in [-0.2, -0.15) is 0 Å². The maximum Gasteiger partial charge on any atom is 0.556 e. The van der Waals surface area contributed by atoms with Crippen molar-refractivity contribution < 1.29 is 9.36 Å². The lowest BCUT2D eigenvalue weighted by molar-refractivity contribution is 0.266. The smallest absolute Gasteiger partial charge is 0.325 e. The van der Waals surface area contributed by atoms with Crippen LogP contribution in [-0.4, -0.2) is 5.65 Å². The number of nitrogens with two attached hydrogens (primary N) is 1. The molecule has 1 atom stereocenters. The van der Waals surface area contributed by atoms with Crippen molar-refractivity contribution in [2.45, 2.75) is 0 Å². The molecule has 0 aliphatic carbocycles. The minimum atomic E-state index is -2.30. The molecule has 34 valence electrons. The molecule has 0 heterocycles. The number of rotatable bonds is 1. The van der Waals surface area contributed by atoms with Gasteiger partial charge in [-0.3, -0.25) is 0 Å². The second-order valence-corrected chi connectivity index (χ2v) is 2.43. The Morgan fingerprint density at radius 1 is 1.83 bits per heavy atom. The molecule has 0 rings (SSSR count). The summed E-state index contributed by atoms with van der Waals surface area (Å²) in [7, 11) is -2.30. The van der Waals surface area contributed by atoms with Crippen molar-refractivity contribution in [1.82, 2.24) is 0 Å². The molecule has 5 heteroatoms. The molecule has 0 bridgehead atoms. The molecule has 0 aliphatic rings. The number of carbonyl (C=O) groups is 1. The molecule has 2 N–H and O–H groups in total. The summed E-state index contributed by atoms with van der Waals surface area (Å²) in [5.74, 6) is 0. The van der Waals surface area contributed by atoms with E-state index in [0.29, 0.717) is 0 Å². The molecule has 0 saturated heterocycles. The fraction of sp³-hybridized carbons (Fsp3) is 0. The van der Waals surface area contributed by atoms with Crippen LogP contribution in [0.5, 0.6) is 0 Å². The molecule has 6 heavy (non-hydrogen) atoms. The summed E-state index contributed by atoms with van der Waals surface area (Å²) in [5.41, 5.74) is 3.41. The Kier molecular flexibility index (Phi) is 2.06. The van der Waals surface area contributed by atoms with Gasteiger partial charge in [-0.25, -0.2) is 4.79 Å². The van der Waals surface area contributed by atoms with Crippen LogP contribution in [0.1, 0.15) is 0 Å². The number of hydrogen-bond donors (Lipinski definition) is 1. The summed E-state index contributed by atoms with van der Waals surface area (Å²) in [6.07, 6.45) is 0. The van der Waals surface area contributed by atoms with Gasteiger partial charge >= 0.3 is 12.8 Å². The van der Waals surface area contributed by atoms with E-state index in [-0.39, 0.29) is 0 Å². The molecule has 0 fully saturated rings. The maximum absolute atomic E-state index is 9.58. The summed E-state index contributed by atoms with van der Waals surface area (Å²) in [6.45, 7) is 0. The minimum Gasteiger partial charge on any atom is -0.325 e. The average molecular weight is 126 g/mol. The summed E-state index contributed by atoms with van der Waals surface area (Å²) in [5, 5.41) is 0. The Balaban J connectivity index is 3.57.